The molecule has 0 aliphatic carbocycles. The van der Waals surface area contributed by atoms with Crippen molar-refractivity contribution in [3.63, 3.8) is 0 Å². The minimum atomic E-state index is -0.620. The van der Waals surface area contributed by atoms with Gasteiger partial charge in [-0.3, -0.25) is 9.69 Å². The van der Waals surface area contributed by atoms with E-state index >= 15 is 0 Å². The summed E-state index contributed by atoms with van der Waals surface area (Å²) in [5.74, 6) is 0.584. The van der Waals surface area contributed by atoms with Crippen LogP contribution in [-0.4, -0.2) is 43.2 Å². The number of hydrogen-bond acceptors (Lipinski definition) is 5. The van der Waals surface area contributed by atoms with E-state index in [2.05, 4.69) is 11.0 Å². The summed E-state index contributed by atoms with van der Waals surface area (Å²) in [6, 6.07) is 5.49. The highest BCUT2D eigenvalue weighted by Crippen LogP contribution is 2.24. The third kappa shape index (κ3) is 5.49. The molecule has 1 aliphatic rings. The van der Waals surface area contributed by atoms with Crippen molar-refractivity contribution in [1.29, 1.82) is 0 Å². The lowest BCUT2D eigenvalue weighted by Gasteiger charge is -2.27. The van der Waals surface area contributed by atoms with Crippen molar-refractivity contribution in [3.8, 4) is 5.75 Å². The molecule has 0 radical (unpaired) electrons. The van der Waals surface area contributed by atoms with Crippen LogP contribution >= 0.6 is 0 Å². The van der Waals surface area contributed by atoms with Crippen LogP contribution < -0.4 is 10.5 Å². The molecule has 1 fully saturated rings. The van der Waals surface area contributed by atoms with Crippen LogP contribution in [-0.2, 0) is 22.5 Å². The quantitative estimate of drug-likeness (QED) is 0.740. The van der Waals surface area contributed by atoms with Crippen LogP contribution in [0.4, 0.5) is 0 Å². The first-order valence-electron chi connectivity index (χ1n) is 9.03. The Labute approximate surface area is 145 Å². The molecule has 2 N–H and O–H groups in total. The Balaban J connectivity index is 2.09. The number of nitrogens with two attached hydrogens (primary N) is 1. The summed E-state index contributed by atoms with van der Waals surface area (Å²) < 4.78 is 10.8. The molecule has 1 aromatic carbocycles. The van der Waals surface area contributed by atoms with Crippen molar-refractivity contribution >= 4 is 5.97 Å². The lowest BCUT2D eigenvalue weighted by Crippen LogP contribution is -2.34. The second kappa shape index (κ2) is 9.64. The molecule has 1 atom stereocenters. The lowest BCUT2D eigenvalue weighted by molar-refractivity contribution is -0.144. The van der Waals surface area contributed by atoms with Crippen LogP contribution in [0.25, 0.3) is 0 Å². The number of nitrogens with zero attached hydrogens (tertiary/aromatic N) is 1. The highest BCUT2D eigenvalue weighted by Gasteiger charge is 2.18. The zero-order chi connectivity index (χ0) is 17.4. The highest BCUT2D eigenvalue weighted by atomic mass is 16.5. The lowest BCUT2D eigenvalue weighted by atomic mass is 10.0. The Morgan fingerprint density at radius 1 is 1.21 bits per heavy atom. The Bertz CT molecular complexity index is 527. The fraction of sp³-hybridized carbons (Fsp3) is 0.632. The molecule has 2 rings (SSSR count). The first-order chi connectivity index (χ1) is 11.6. The van der Waals surface area contributed by atoms with Gasteiger partial charge >= 0.3 is 5.97 Å². The first kappa shape index (κ1) is 18.7. The first-order valence-corrected chi connectivity index (χ1v) is 9.03. The van der Waals surface area contributed by atoms with Crippen molar-refractivity contribution in [2.45, 2.75) is 52.1 Å². The number of likely N-dealkylation sites (tertiary alicyclic amines) is 1. The van der Waals surface area contributed by atoms with Crippen LogP contribution in [0.5, 0.6) is 5.75 Å². The summed E-state index contributed by atoms with van der Waals surface area (Å²) in [7, 11) is 0. The monoisotopic (exact) mass is 334 g/mol. The van der Waals surface area contributed by atoms with Gasteiger partial charge in [-0.25, -0.2) is 0 Å². The largest absolute Gasteiger partial charge is 0.494 e. The Morgan fingerprint density at radius 2 is 1.96 bits per heavy atom. The normalized spacial score (nSPS) is 16.6. The minimum Gasteiger partial charge on any atom is -0.494 e. The van der Waals surface area contributed by atoms with Gasteiger partial charge < -0.3 is 15.2 Å². The van der Waals surface area contributed by atoms with Crippen molar-refractivity contribution in [1.82, 2.24) is 4.90 Å². The predicted octanol–water partition coefficient (Wildman–Crippen LogP) is 2.50. The van der Waals surface area contributed by atoms with E-state index in [0.717, 1.165) is 30.9 Å². The van der Waals surface area contributed by atoms with E-state index in [4.69, 9.17) is 15.2 Å². The number of benzene rings is 1. The Morgan fingerprint density at radius 3 is 2.62 bits per heavy atom. The molecular formula is C19H30N2O3. The number of carbonyl (C=O) groups is 1. The highest BCUT2D eigenvalue weighted by molar-refractivity contribution is 5.75. The average molecular weight is 334 g/mol. The average Bonchev–Trinajstić information content (AvgIpc) is 2.58. The molecular weight excluding hydrogens is 304 g/mol. The molecule has 24 heavy (non-hydrogen) atoms. The summed E-state index contributed by atoms with van der Waals surface area (Å²) in [5, 5.41) is 0. The number of esters is 1. The van der Waals surface area contributed by atoms with E-state index in [9.17, 15) is 4.79 Å². The maximum atomic E-state index is 11.7. The van der Waals surface area contributed by atoms with Gasteiger partial charge in [-0.15, -0.1) is 0 Å². The van der Waals surface area contributed by atoms with E-state index in [1.54, 1.807) is 6.92 Å². The third-order valence-corrected chi connectivity index (χ3v) is 4.31. The molecule has 134 valence electrons. The third-order valence-electron chi connectivity index (χ3n) is 4.31. The minimum absolute atomic E-state index is 0.344. The number of rotatable bonds is 8. The fourth-order valence-electron chi connectivity index (χ4n) is 3.12. The summed E-state index contributed by atoms with van der Waals surface area (Å²) in [6.07, 6.45) is 4.33. The van der Waals surface area contributed by atoms with Gasteiger partial charge in [0.25, 0.3) is 0 Å². The molecule has 1 aromatic rings. The molecule has 1 heterocycles. The summed E-state index contributed by atoms with van der Waals surface area (Å²) in [4.78, 5) is 14.2. The van der Waals surface area contributed by atoms with Gasteiger partial charge in [0, 0.05) is 12.1 Å². The maximum Gasteiger partial charge on any atom is 0.323 e. The fourth-order valence-corrected chi connectivity index (χ4v) is 3.12. The molecule has 0 bridgehead atoms. The Kier molecular flexibility index (Phi) is 7.53. The van der Waals surface area contributed by atoms with Crippen molar-refractivity contribution in [2.75, 3.05) is 26.3 Å². The Hall–Kier alpha value is -1.59. The van der Waals surface area contributed by atoms with E-state index in [-0.39, 0.29) is 5.97 Å². The number of piperidine rings is 1. The molecule has 0 saturated carbocycles. The van der Waals surface area contributed by atoms with Gasteiger partial charge in [0.05, 0.1) is 13.2 Å². The van der Waals surface area contributed by atoms with Crippen molar-refractivity contribution < 1.29 is 14.3 Å². The summed E-state index contributed by atoms with van der Waals surface area (Å²) in [5.41, 5.74) is 8.17. The standard InChI is InChI=1S/C19H30N2O3/c1-3-23-18-9-8-15(13-17(20)19(22)24-4-2)12-16(18)14-21-10-6-5-7-11-21/h8-9,12,17H,3-7,10-11,13-14,20H2,1-2H3. The second-order valence-electron chi connectivity index (χ2n) is 6.27. The maximum absolute atomic E-state index is 11.7. The van der Waals surface area contributed by atoms with Gasteiger partial charge in [0.15, 0.2) is 0 Å². The van der Waals surface area contributed by atoms with Gasteiger partial charge in [-0.1, -0.05) is 18.6 Å². The summed E-state index contributed by atoms with van der Waals surface area (Å²) >= 11 is 0. The topological polar surface area (TPSA) is 64.8 Å². The van der Waals surface area contributed by atoms with Gasteiger partial charge in [0.2, 0.25) is 0 Å². The van der Waals surface area contributed by atoms with E-state index in [1.165, 1.54) is 24.8 Å². The van der Waals surface area contributed by atoms with E-state index < -0.39 is 6.04 Å². The van der Waals surface area contributed by atoms with E-state index in [0.29, 0.717) is 19.6 Å². The number of ether oxygens (including phenoxy) is 2. The molecule has 0 amide bonds. The van der Waals surface area contributed by atoms with Crippen molar-refractivity contribution in [3.05, 3.63) is 29.3 Å². The summed E-state index contributed by atoms with van der Waals surface area (Å²) in [6.45, 7) is 7.95. The smallest absolute Gasteiger partial charge is 0.323 e. The zero-order valence-corrected chi connectivity index (χ0v) is 14.9. The molecule has 5 heteroatoms. The number of carbonyl (C=O) groups excluding carboxylic acids is 1. The molecule has 1 aliphatic heterocycles. The van der Waals surface area contributed by atoms with Gasteiger partial charge in [-0.2, -0.15) is 0 Å². The van der Waals surface area contributed by atoms with Crippen LogP contribution in [0.1, 0.15) is 44.2 Å². The van der Waals surface area contributed by atoms with Gasteiger partial charge in [0.1, 0.15) is 11.8 Å². The zero-order valence-electron chi connectivity index (χ0n) is 14.9. The van der Waals surface area contributed by atoms with Crippen LogP contribution in [0.3, 0.4) is 0 Å². The SMILES string of the molecule is CCOC(=O)C(N)Cc1ccc(OCC)c(CN2CCCCC2)c1. The molecule has 1 saturated heterocycles. The van der Waals surface area contributed by atoms with Crippen LogP contribution in [0.15, 0.2) is 18.2 Å². The number of hydrogen-bond donors (Lipinski definition) is 1. The van der Waals surface area contributed by atoms with Crippen LogP contribution in [0.2, 0.25) is 0 Å². The second-order valence-corrected chi connectivity index (χ2v) is 6.27. The predicted molar refractivity (Wildman–Crippen MR) is 95.1 cm³/mol. The van der Waals surface area contributed by atoms with Crippen LogP contribution in [0, 0.1) is 0 Å². The van der Waals surface area contributed by atoms with Crippen molar-refractivity contribution in [2.24, 2.45) is 5.73 Å². The van der Waals surface area contributed by atoms with E-state index in [1.807, 2.05) is 19.1 Å². The van der Waals surface area contributed by atoms with Gasteiger partial charge in [-0.05, 0) is 57.8 Å². The molecule has 0 aromatic heterocycles. The molecule has 5 nitrogen and oxygen atoms in total. The molecule has 1 unspecified atom stereocenters. The molecule has 0 spiro atoms.